The van der Waals surface area contributed by atoms with E-state index in [1.165, 1.54) is 4.68 Å². The molecule has 0 aliphatic rings. The predicted molar refractivity (Wildman–Crippen MR) is 67.2 cm³/mol. The highest BCUT2D eigenvalue weighted by atomic mass is 79.9. The van der Waals surface area contributed by atoms with Gasteiger partial charge >= 0.3 is 0 Å². The monoisotopic (exact) mass is 290 g/mol. The largest absolute Gasteiger partial charge is 0.290 e. The van der Waals surface area contributed by atoms with Crippen LogP contribution in [0.15, 0.2) is 45.9 Å². The van der Waals surface area contributed by atoms with Crippen molar-refractivity contribution in [2.24, 2.45) is 0 Å². The summed E-state index contributed by atoms with van der Waals surface area (Å²) in [7, 11) is 0. The number of rotatable bonds is 1. The fourth-order valence-electron chi connectivity index (χ4n) is 1.60. The lowest BCUT2D eigenvalue weighted by Gasteiger charge is -2.02. The van der Waals surface area contributed by atoms with Crippen molar-refractivity contribution in [2.75, 3.05) is 0 Å². The highest BCUT2D eigenvalue weighted by Gasteiger charge is 2.05. The third kappa shape index (κ3) is 1.76. The molecule has 0 fully saturated rings. The second-order valence-electron chi connectivity index (χ2n) is 3.50. The van der Waals surface area contributed by atoms with Crippen LogP contribution in [0.5, 0.6) is 0 Å². The molecule has 0 radical (unpaired) electrons. The average Bonchev–Trinajstić information content (AvgIpc) is 2.83. The van der Waals surface area contributed by atoms with E-state index in [1.807, 2.05) is 6.07 Å². The van der Waals surface area contributed by atoms with E-state index in [0.29, 0.717) is 16.9 Å². The van der Waals surface area contributed by atoms with Gasteiger partial charge in [0.2, 0.25) is 5.95 Å². The summed E-state index contributed by atoms with van der Waals surface area (Å²) in [5.74, 6) is 0.412. The second-order valence-corrected chi connectivity index (χ2v) is 4.42. The zero-order valence-electron chi connectivity index (χ0n) is 8.59. The number of aromatic nitrogens is 4. The molecule has 2 heterocycles. The van der Waals surface area contributed by atoms with E-state index in [0.717, 1.165) is 4.47 Å². The molecule has 2 aromatic heterocycles. The zero-order chi connectivity index (χ0) is 11.8. The van der Waals surface area contributed by atoms with Gasteiger partial charge in [0, 0.05) is 16.9 Å². The minimum Gasteiger partial charge on any atom is -0.290 e. The topological polar surface area (TPSA) is 63.6 Å². The number of hydrogen-bond acceptors (Lipinski definition) is 3. The summed E-state index contributed by atoms with van der Waals surface area (Å²) in [4.78, 5) is 18.9. The summed E-state index contributed by atoms with van der Waals surface area (Å²) in [5, 5.41) is 4.58. The molecular weight excluding hydrogens is 284 g/mol. The Kier molecular flexibility index (Phi) is 2.29. The van der Waals surface area contributed by atoms with Gasteiger partial charge in [0.1, 0.15) is 0 Å². The molecule has 0 saturated carbocycles. The van der Waals surface area contributed by atoms with E-state index in [2.05, 4.69) is 31.0 Å². The Hall–Kier alpha value is -1.95. The van der Waals surface area contributed by atoms with Crippen LogP contribution in [-0.4, -0.2) is 19.7 Å². The van der Waals surface area contributed by atoms with E-state index in [4.69, 9.17) is 0 Å². The molecule has 0 amide bonds. The number of benzene rings is 1. The lowest BCUT2D eigenvalue weighted by Crippen LogP contribution is -2.13. The minimum atomic E-state index is -0.179. The molecule has 0 saturated heterocycles. The highest BCUT2D eigenvalue weighted by molar-refractivity contribution is 9.10. The maximum Gasteiger partial charge on any atom is 0.260 e. The van der Waals surface area contributed by atoms with Gasteiger partial charge < -0.3 is 0 Å². The molecule has 84 valence electrons. The smallest absolute Gasteiger partial charge is 0.260 e. The Morgan fingerprint density at radius 2 is 2.24 bits per heavy atom. The van der Waals surface area contributed by atoms with E-state index < -0.39 is 0 Å². The number of fused-ring (bicyclic) bond motifs is 1. The van der Waals surface area contributed by atoms with E-state index in [9.17, 15) is 4.79 Å². The van der Waals surface area contributed by atoms with Gasteiger partial charge in [-0.05, 0) is 24.3 Å². The minimum absolute atomic E-state index is 0.179. The molecular formula is C11H7BrN4O. The SMILES string of the molecule is O=c1[nH]c(-n2cccn2)nc2ccc(Br)cc12. The van der Waals surface area contributed by atoms with Gasteiger partial charge in [-0.15, -0.1) is 0 Å². The third-order valence-corrected chi connectivity index (χ3v) is 2.87. The number of aromatic amines is 1. The van der Waals surface area contributed by atoms with E-state index in [1.54, 1.807) is 30.6 Å². The summed E-state index contributed by atoms with van der Waals surface area (Å²) in [5.41, 5.74) is 0.462. The van der Waals surface area contributed by atoms with Crippen molar-refractivity contribution in [3.05, 3.63) is 51.5 Å². The van der Waals surface area contributed by atoms with Crippen LogP contribution >= 0.6 is 15.9 Å². The van der Waals surface area contributed by atoms with Crippen LogP contribution in [0.2, 0.25) is 0 Å². The molecule has 3 rings (SSSR count). The lowest BCUT2D eigenvalue weighted by atomic mass is 10.2. The molecule has 0 spiro atoms. The molecule has 0 aliphatic carbocycles. The second kappa shape index (κ2) is 3.81. The van der Waals surface area contributed by atoms with Crippen molar-refractivity contribution in [1.29, 1.82) is 0 Å². The van der Waals surface area contributed by atoms with Crippen molar-refractivity contribution in [3.8, 4) is 5.95 Å². The van der Waals surface area contributed by atoms with Crippen molar-refractivity contribution in [3.63, 3.8) is 0 Å². The van der Waals surface area contributed by atoms with Crippen LogP contribution < -0.4 is 5.56 Å². The molecule has 3 aromatic rings. The number of hydrogen-bond donors (Lipinski definition) is 1. The molecule has 1 N–H and O–H groups in total. The zero-order valence-corrected chi connectivity index (χ0v) is 10.2. The van der Waals surface area contributed by atoms with Crippen molar-refractivity contribution in [1.82, 2.24) is 19.7 Å². The molecule has 6 heteroatoms. The first-order valence-corrected chi connectivity index (χ1v) is 5.73. The van der Waals surface area contributed by atoms with Gasteiger partial charge in [-0.25, -0.2) is 9.67 Å². The first-order valence-electron chi connectivity index (χ1n) is 4.94. The van der Waals surface area contributed by atoms with Crippen LogP contribution in [0.25, 0.3) is 16.9 Å². The Balaban J connectivity index is 2.32. The van der Waals surface area contributed by atoms with Gasteiger partial charge in [0.15, 0.2) is 0 Å². The molecule has 0 bridgehead atoms. The van der Waals surface area contributed by atoms with Gasteiger partial charge in [-0.2, -0.15) is 5.10 Å². The lowest BCUT2D eigenvalue weighted by molar-refractivity contribution is 0.810. The Morgan fingerprint density at radius 3 is 3.00 bits per heavy atom. The molecule has 17 heavy (non-hydrogen) atoms. The highest BCUT2D eigenvalue weighted by Crippen LogP contribution is 2.15. The van der Waals surface area contributed by atoms with Crippen LogP contribution in [0.4, 0.5) is 0 Å². The third-order valence-electron chi connectivity index (χ3n) is 2.38. The quantitative estimate of drug-likeness (QED) is 0.744. The first kappa shape index (κ1) is 10.2. The summed E-state index contributed by atoms with van der Waals surface area (Å²) < 4.78 is 2.37. The molecule has 0 atom stereocenters. The van der Waals surface area contributed by atoms with Gasteiger partial charge in [0.05, 0.1) is 10.9 Å². The fraction of sp³-hybridized carbons (Fsp3) is 0. The fourth-order valence-corrected chi connectivity index (χ4v) is 1.96. The van der Waals surface area contributed by atoms with E-state index >= 15 is 0 Å². The number of nitrogens with one attached hydrogen (secondary N) is 1. The standard InChI is InChI=1S/C11H7BrN4O/c12-7-2-3-9-8(6-7)10(17)15-11(14-9)16-5-1-4-13-16/h1-6H,(H,14,15,17). The van der Waals surface area contributed by atoms with Crippen molar-refractivity contribution >= 4 is 26.8 Å². The predicted octanol–water partition coefficient (Wildman–Crippen LogP) is 1.87. The van der Waals surface area contributed by atoms with E-state index in [-0.39, 0.29) is 5.56 Å². The Labute approximate surface area is 104 Å². The normalized spacial score (nSPS) is 10.9. The number of nitrogens with zero attached hydrogens (tertiary/aromatic N) is 3. The maximum atomic E-state index is 11.9. The van der Waals surface area contributed by atoms with Crippen LogP contribution in [0, 0.1) is 0 Å². The number of H-pyrrole nitrogens is 1. The maximum absolute atomic E-state index is 11.9. The van der Waals surface area contributed by atoms with Crippen molar-refractivity contribution in [2.45, 2.75) is 0 Å². The first-order chi connectivity index (χ1) is 8.24. The molecule has 0 aliphatic heterocycles. The summed E-state index contributed by atoms with van der Waals surface area (Å²) in [6.45, 7) is 0. The molecule has 5 nitrogen and oxygen atoms in total. The van der Waals surface area contributed by atoms with Gasteiger partial charge in [-0.3, -0.25) is 9.78 Å². The number of halogens is 1. The average molecular weight is 291 g/mol. The molecule has 0 unspecified atom stereocenters. The van der Waals surface area contributed by atoms with Gasteiger partial charge in [-0.1, -0.05) is 15.9 Å². The Morgan fingerprint density at radius 1 is 1.35 bits per heavy atom. The van der Waals surface area contributed by atoms with Crippen LogP contribution in [-0.2, 0) is 0 Å². The van der Waals surface area contributed by atoms with Crippen LogP contribution in [0.1, 0.15) is 0 Å². The van der Waals surface area contributed by atoms with Crippen molar-refractivity contribution < 1.29 is 0 Å². The molecule has 1 aromatic carbocycles. The summed E-state index contributed by atoms with van der Waals surface area (Å²) in [6, 6.07) is 7.16. The Bertz CT molecular complexity index is 733. The van der Waals surface area contributed by atoms with Crippen LogP contribution in [0.3, 0.4) is 0 Å². The summed E-state index contributed by atoms with van der Waals surface area (Å²) >= 11 is 3.33. The van der Waals surface area contributed by atoms with Gasteiger partial charge in [0.25, 0.3) is 5.56 Å². The summed E-state index contributed by atoms with van der Waals surface area (Å²) in [6.07, 6.45) is 3.36.